The lowest BCUT2D eigenvalue weighted by molar-refractivity contribution is -0.384. The first-order chi connectivity index (χ1) is 15.2. The molecule has 1 aliphatic rings. The van der Waals surface area contributed by atoms with Gasteiger partial charge in [0.05, 0.1) is 4.92 Å². The number of fused-ring (bicyclic) bond motifs is 6. The second-order valence-electron chi connectivity index (χ2n) is 7.80. The Morgan fingerprint density at radius 1 is 0.677 bits per heavy atom. The molecule has 0 amide bonds. The first-order valence-corrected chi connectivity index (χ1v) is 10.2. The van der Waals surface area contributed by atoms with Crippen molar-refractivity contribution in [2.75, 3.05) is 0 Å². The minimum Gasteiger partial charge on any atom is -0.455 e. The van der Waals surface area contributed by atoms with E-state index in [1.807, 2.05) is 30.3 Å². The van der Waals surface area contributed by atoms with Crippen molar-refractivity contribution in [3.8, 4) is 11.5 Å². The average Bonchev–Trinajstić information content (AvgIpc) is 2.82. The molecule has 1 heterocycles. The summed E-state index contributed by atoms with van der Waals surface area (Å²) in [6, 6.07) is 31.6. The molecular formula is C27H17NO3. The van der Waals surface area contributed by atoms with Gasteiger partial charge in [0, 0.05) is 39.9 Å². The Morgan fingerprint density at radius 2 is 1.26 bits per heavy atom. The van der Waals surface area contributed by atoms with Crippen molar-refractivity contribution in [2.24, 2.45) is 0 Å². The number of nitro benzene ring substituents is 1. The lowest BCUT2D eigenvalue weighted by atomic mass is 9.80. The smallest absolute Gasteiger partial charge is 0.269 e. The van der Waals surface area contributed by atoms with E-state index in [1.165, 1.54) is 6.07 Å². The molecule has 0 saturated heterocycles. The molecule has 0 atom stereocenters. The molecule has 0 spiro atoms. The second-order valence-corrected chi connectivity index (χ2v) is 7.80. The van der Waals surface area contributed by atoms with E-state index in [1.54, 1.807) is 12.1 Å². The van der Waals surface area contributed by atoms with Crippen molar-refractivity contribution in [1.82, 2.24) is 0 Å². The Balaban J connectivity index is 1.70. The van der Waals surface area contributed by atoms with Crippen LogP contribution in [0.25, 0.3) is 21.5 Å². The highest BCUT2D eigenvalue weighted by Gasteiger charge is 2.31. The van der Waals surface area contributed by atoms with E-state index in [2.05, 4.69) is 48.5 Å². The van der Waals surface area contributed by atoms with Gasteiger partial charge in [-0.3, -0.25) is 10.1 Å². The van der Waals surface area contributed by atoms with E-state index in [9.17, 15) is 10.1 Å². The van der Waals surface area contributed by atoms with E-state index in [-0.39, 0.29) is 16.5 Å². The Kier molecular flexibility index (Phi) is 3.80. The topological polar surface area (TPSA) is 52.4 Å². The summed E-state index contributed by atoms with van der Waals surface area (Å²) in [5.41, 5.74) is 3.00. The molecule has 4 nitrogen and oxygen atoms in total. The predicted octanol–water partition coefficient (Wildman–Crippen LogP) is 7.19. The number of benzene rings is 5. The summed E-state index contributed by atoms with van der Waals surface area (Å²) < 4.78 is 6.60. The van der Waals surface area contributed by atoms with Gasteiger partial charge in [0.2, 0.25) is 0 Å². The summed E-state index contributed by atoms with van der Waals surface area (Å²) >= 11 is 0. The number of hydrogen-bond donors (Lipinski definition) is 0. The van der Waals surface area contributed by atoms with Crippen LogP contribution in [0, 0.1) is 10.1 Å². The van der Waals surface area contributed by atoms with Crippen LogP contribution in [-0.2, 0) is 0 Å². The monoisotopic (exact) mass is 403 g/mol. The Morgan fingerprint density at radius 3 is 1.84 bits per heavy atom. The van der Waals surface area contributed by atoms with Gasteiger partial charge in [0.1, 0.15) is 11.5 Å². The van der Waals surface area contributed by atoms with Crippen LogP contribution >= 0.6 is 0 Å². The number of hydrogen-bond acceptors (Lipinski definition) is 3. The molecule has 0 fully saturated rings. The zero-order valence-electron chi connectivity index (χ0n) is 16.5. The Hall–Kier alpha value is -4.18. The van der Waals surface area contributed by atoms with Gasteiger partial charge in [-0.05, 0) is 16.3 Å². The van der Waals surface area contributed by atoms with Crippen molar-refractivity contribution in [2.45, 2.75) is 5.92 Å². The number of nitro groups is 1. The molecule has 0 bridgehead atoms. The van der Waals surface area contributed by atoms with Crippen LogP contribution in [0.4, 0.5) is 5.69 Å². The number of rotatable bonds is 2. The molecule has 1 aliphatic heterocycles. The maximum atomic E-state index is 11.5. The Bertz CT molecular complexity index is 1420. The third kappa shape index (κ3) is 2.69. The van der Waals surface area contributed by atoms with E-state index < -0.39 is 0 Å². The SMILES string of the molecule is O=[N+]([O-])c1cccc(C2c3ccc4ccccc4c3Oc3c2ccc2ccccc32)c1. The standard InChI is InChI=1S/C27H17NO3/c29-28(30)20-9-5-8-19(16-20)25-23-14-12-17-6-1-3-10-21(17)26(23)31-27-22-11-4-2-7-18(22)13-15-24(25)27/h1-16,25H. The van der Waals surface area contributed by atoms with Crippen molar-refractivity contribution < 1.29 is 9.66 Å². The lowest BCUT2D eigenvalue weighted by Crippen LogP contribution is -2.12. The van der Waals surface area contributed by atoms with Gasteiger partial charge in [0.25, 0.3) is 5.69 Å². The zero-order valence-corrected chi connectivity index (χ0v) is 16.5. The highest BCUT2D eigenvalue weighted by molar-refractivity contribution is 5.95. The molecule has 4 heteroatoms. The van der Waals surface area contributed by atoms with Crippen LogP contribution < -0.4 is 4.74 Å². The van der Waals surface area contributed by atoms with Crippen molar-refractivity contribution in [1.29, 1.82) is 0 Å². The Labute approximate surface area is 178 Å². The van der Waals surface area contributed by atoms with E-state index in [4.69, 9.17) is 4.74 Å². The second kappa shape index (κ2) is 6.67. The van der Waals surface area contributed by atoms with Crippen LogP contribution in [0.15, 0.2) is 97.1 Å². The van der Waals surface area contributed by atoms with Gasteiger partial charge in [0.15, 0.2) is 0 Å². The van der Waals surface area contributed by atoms with E-state index in [0.29, 0.717) is 0 Å². The zero-order chi connectivity index (χ0) is 20.9. The summed E-state index contributed by atoms with van der Waals surface area (Å²) in [6.45, 7) is 0. The third-order valence-electron chi connectivity index (χ3n) is 6.06. The molecule has 6 rings (SSSR count). The fraction of sp³-hybridized carbons (Fsp3) is 0.0370. The first-order valence-electron chi connectivity index (χ1n) is 10.2. The minimum atomic E-state index is -0.342. The molecule has 0 aromatic heterocycles. The minimum absolute atomic E-state index is 0.0914. The van der Waals surface area contributed by atoms with Crippen molar-refractivity contribution in [3.05, 3.63) is 124 Å². The van der Waals surface area contributed by atoms with Gasteiger partial charge in [-0.1, -0.05) is 84.9 Å². The number of nitrogens with zero attached hydrogens (tertiary/aromatic N) is 1. The van der Waals surface area contributed by atoms with Gasteiger partial charge in [-0.25, -0.2) is 0 Å². The van der Waals surface area contributed by atoms with Crippen LogP contribution in [-0.4, -0.2) is 4.92 Å². The van der Waals surface area contributed by atoms with Crippen LogP contribution in [0.1, 0.15) is 22.6 Å². The van der Waals surface area contributed by atoms with Gasteiger partial charge in [-0.15, -0.1) is 0 Å². The molecule has 5 aromatic rings. The van der Waals surface area contributed by atoms with E-state index in [0.717, 1.165) is 49.7 Å². The summed E-state index contributed by atoms with van der Waals surface area (Å²) in [7, 11) is 0. The third-order valence-corrected chi connectivity index (χ3v) is 6.06. The predicted molar refractivity (Wildman–Crippen MR) is 122 cm³/mol. The highest BCUT2D eigenvalue weighted by Crippen LogP contribution is 2.52. The van der Waals surface area contributed by atoms with Crippen LogP contribution in [0.2, 0.25) is 0 Å². The molecule has 0 radical (unpaired) electrons. The first kappa shape index (κ1) is 17.7. The molecule has 0 unspecified atom stereocenters. The van der Waals surface area contributed by atoms with Crippen molar-refractivity contribution in [3.63, 3.8) is 0 Å². The number of non-ortho nitro benzene ring substituents is 1. The normalized spacial score (nSPS) is 12.9. The average molecular weight is 403 g/mol. The van der Waals surface area contributed by atoms with Crippen molar-refractivity contribution >= 4 is 27.2 Å². The summed E-state index contributed by atoms with van der Waals surface area (Å²) in [5.74, 6) is 1.48. The van der Waals surface area contributed by atoms with E-state index >= 15 is 0 Å². The fourth-order valence-corrected chi connectivity index (χ4v) is 4.65. The number of ether oxygens (including phenoxy) is 1. The van der Waals surface area contributed by atoms with Gasteiger partial charge >= 0.3 is 0 Å². The molecule has 0 saturated carbocycles. The fourth-order valence-electron chi connectivity index (χ4n) is 4.65. The van der Waals surface area contributed by atoms with Gasteiger partial charge < -0.3 is 4.74 Å². The summed E-state index contributed by atoms with van der Waals surface area (Å²) in [5, 5.41) is 15.7. The highest BCUT2D eigenvalue weighted by atomic mass is 16.6. The summed E-state index contributed by atoms with van der Waals surface area (Å²) in [6.07, 6.45) is 0. The molecule has 0 aliphatic carbocycles. The molecule has 31 heavy (non-hydrogen) atoms. The maximum absolute atomic E-state index is 11.5. The largest absolute Gasteiger partial charge is 0.455 e. The molecule has 0 N–H and O–H groups in total. The van der Waals surface area contributed by atoms with Crippen LogP contribution in [0.3, 0.4) is 0 Å². The summed E-state index contributed by atoms with van der Waals surface area (Å²) in [4.78, 5) is 11.1. The molecule has 148 valence electrons. The molecule has 5 aromatic carbocycles. The molecular weight excluding hydrogens is 386 g/mol. The lowest BCUT2D eigenvalue weighted by Gasteiger charge is -2.30. The van der Waals surface area contributed by atoms with Crippen LogP contribution in [0.5, 0.6) is 11.5 Å². The van der Waals surface area contributed by atoms with Gasteiger partial charge in [-0.2, -0.15) is 0 Å². The maximum Gasteiger partial charge on any atom is 0.269 e. The quantitative estimate of drug-likeness (QED) is 0.227.